The van der Waals surface area contributed by atoms with Gasteiger partial charge in [-0.25, -0.2) is 4.98 Å². The number of thiazole rings is 1. The molecule has 6 nitrogen and oxygen atoms in total. The number of nitrogens with one attached hydrogen (secondary N) is 2. The van der Waals surface area contributed by atoms with Crippen LogP contribution in [0.25, 0.3) is 10.2 Å². The van der Waals surface area contributed by atoms with Gasteiger partial charge in [-0.1, -0.05) is 42.5 Å². The van der Waals surface area contributed by atoms with E-state index < -0.39 is 0 Å². The molecule has 168 valence electrons. The molecule has 1 atom stereocenters. The molecule has 4 aromatic rings. The van der Waals surface area contributed by atoms with Crippen molar-refractivity contribution in [3.8, 4) is 5.75 Å². The maximum Gasteiger partial charge on any atom is 0.255 e. The lowest BCUT2D eigenvalue weighted by Gasteiger charge is -2.14. The van der Waals surface area contributed by atoms with Crippen molar-refractivity contribution < 1.29 is 14.3 Å². The minimum Gasteiger partial charge on any atom is -0.497 e. The minimum atomic E-state index is -0.290. The monoisotopic (exact) mass is 477 g/mol. The van der Waals surface area contributed by atoms with Crippen LogP contribution in [0.4, 0.5) is 10.8 Å². The lowest BCUT2D eigenvalue weighted by molar-refractivity contribution is -0.115. The fourth-order valence-corrected chi connectivity index (χ4v) is 5.09. The molecular formula is C25H23N3O3S2. The highest BCUT2D eigenvalue weighted by atomic mass is 32.2. The predicted molar refractivity (Wildman–Crippen MR) is 136 cm³/mol. The lowest BCUT2D eigenvalue weighted by atomic mass is 10.2. The van der Waals surface area contributed by atoms with Crippen LogP contribution in [0, 0.1) is 0 Å². The Morgan fingerprint density at radius 1 is 1.03 bits per heavy atom. The van der Waals surface area contributed by atoms with Crippen molar-refractivity contribution in [1.29, 1.82) is 0 Å². The van der Waals surface area contributed by atoms with Crippen LogP contribution in [0.5, 0.6) is 5.75 Å². The second kappa shape index (κ2) is 10.5. The first kappa shape index (κ1) is 22.8. The first-order chi connectivity index (χ1) is 16.1. The Labute approximate surface area is 200 Å². The van der Waals surface area contributed by atoms with Gasteiger partial charge in [0.25, 0.3) is 5.91 Å². The molecule has 1 unspecified atom stereocenters. The number of methoxy groups -OCH3 is 1. The fourth-order valence-electron chi connectivity index (χ4n) is 3.21. The van der Waals surface area contributed by atoms with Crippen LogP contribution in [-0.2, 0) is 4.79 Å². The number of aromatic nitrogens is 1. The van der Waals surface area contributed by atoms with Gasteiger partial charge >= 0.3 is 0 Å². The second-order valence-electron chi connectivity index (χ2n) is 7.20. The van der Waals surface area contributed by atoms with Gasteiger partial charge in [0.05, 0.1) is 22.6 Å². The van der Waals surface area contributed by atoms with Crippen molar-refractivity contribution in [2.24, 2.45) is 0 Å². The molecular weight excluding hydrogens is 454 g/mol. The van der Waals surface area contributed by atoms with E-state index in [9.17, 15) is 9.59 Å². The van der Waals surface area contributed by atoms with Gasteiger partial charge < -0.3 is 15.4 Å². The number of thioether (sulfide) groups is 1. The number of para-hydroxylation sites is 1. The number of fused-ring (bicyclic) bond motifs is 1. The molecule has 0 aliphatic rings. The molecule has 0 bridgehead atoms. The predicted octanol–water partition coefficient (Wildman–Crippen LogP) is 6.07. The van der Waals surface area contributed by atoms with E-state index in [0.717, 1.165) is 15.1 Å². The first-order valence-corrected chi connectivity index (χ1v) is 12.1. The normalized spacial score (nSPS) is 11.7. The summed E-state index contributed by atoms with van der Waals surface area (Å²) >= 11 is 2.92. The average molecular weight is 478 g/mol. The van der Waals surface area contributed by atoms with Gasteiger partial charge in [-0.15, -0.1) is 11.8 Å². The van der Waals surface area contributed by atoms with E-state index in [2.05, 4.69) is 15.6 Å². The number of amides is 2. The molecule has 0 saturated heterocycles. The second-order valence-corrected chi connectivity index (χ2v) is 9.51. The van der Waals surface area contributed by atoms with Crippen LogP contribution in [0.3, 0.4) is 0 Å². The molecule has 4 rings (SSSR count). The Morgan fingerprint density at radius 2 is 1.85 bits per heavy atom. The summed E-state index contributed by atoms with van der Waals surface area (Å²) in [7, 11) is 1.56. The molecule has 0 aliphatic carbocycles. The third-order valence-electron chi connectivity index (χ3n) is 4.89. The number of nitrogens with zero attached hydrogens (tertiary/aromatic N) is 1. The van der Waals surface area contributed by atoms with E-state index in [-0.39, 0.29) is 17.1 Å². The van der Waals surface area contributed by atoms with E-state index in [1.807, 2.05) is 55.5 Å². The molecule has 33 heavy (non-hydrogen) atoms. The van der Waals surface area contributed by atoms with Gasteiger partial charge in [0.15, 0.2) is 5.13 Å². The molecule has 0 aliphatic heterocycles. The van der Waals surface area contributed by atoms with Crippen molar-refractivity contribution in [3.63, 3.8) is 0 Å². The summed E-state index contributed by atoms with van der Waals surface area (Å²) in [6.07, 6.45) is 0.655. The standard InChI is InChI=1S/C25H23N3O3S2/c1-3-21(24(30)28-25-27-20-12-4-5-13-22(20)33-25)32-19-11-7-9-17(15-19)26-23(29)16-8-6-10-18(14-16)31-2/h4-15,21H,3H2,1-2H3,(H,26,29)(H,27,28,30). The van der Waals surface area contributed by atoms with Crippen molar-refractivity contribution in [2.75, 3.05) is 17.7 Å². The minimum absolute atomic E-state index is 0.0904. The Balaban J connectivity index is 1.42. The Kier molecular flexibility index (Phi) is 7.26. The van der Waals surface area contributed by atoms with E-state index in [4.69, 9.17) is 4.74 Å². The van der Waals surface area contributed by atoms with Crippen LogP contribution in [-0.4, -0.2) is 29.2 Å². The summed E-state index contributed by atoms with van der Waals surface area (Å²) in [5.74, 6) is 0.306. The zero-order valence-electron chi connectivity index (χ0n) is 18.2. The molecule has 1 heterocycles. The van der Waals surface area contributed by atoms with E-state index in [0.29, 0.717) is 28.6 Å². The van der Waals surface area contributed by atoms with Gasteiger partial charge in [-0.05, 0) is 55.0 Å². The smallest absolute Gasteiger partial charge is 0.255 e. The number of carbonyl (C=O) groups is 2. The molecule has 0 fully saturated rings. The van der Waals surface area contributed by atoms with E-state index >= 15 is 0 Å². The zero-order valence-corrected chi connectivity index (χ0v) is 19.8. The summed E-state index contributed by atoms with van der Waals surface area (Å²) in [5, 5.41) is 6.16. The molecule has 2 amide bonds. The molecule has 0 spiro atoms. The van der Waals surface area contributed by atoms with Gasteiger partial charge in [0, 0.05) is 16.1 Å². The number of hydrogen-bond acceptors (Lipinski definition) is 6. The van der Waals surface area contributed by atoms with Gasteiger partial charge in [0.1, 0.15) is 5.75 Å². The summed E-state index contributed by atoms with van der Waals surface area (Å²) in [5.41, 5.74) is 2.04. The van der Waals surface area contributed by atoms with Crippen LogP contribution in [0.1, 0.15) is 23.7 Å². The van der Waals surface area contributed by atoms with Crippen LogP contribution in [0.2, 0.25) is 0 Å². The Morgan fingerprint density at radius 3 is 2.64 bits per heavy atom. The van der Waals surface area contributed by atoms with Crippen LogP contribution < -0.4 is 15.4 Å². The maximum atomic E-state index is 12.9. The third kappa shape index (κ3) is 5.71. The highest BCUT2D eigenvalue weighted by molar-refractivity contribution is 8.00. The number of hydrogen-bond donors (Lipinski definition) is 2. The summed E-state index contributed by atoms with van der Waals surface area (Å²) < 4.78 is 6.22. The number of ether oxygens (including phenoxy) is 1. The van der Waals surface area contributed by atoms with E-state index in [1.54, 1.807) is 31.4 Å². The van der Waals surface area contributed by atoms with Crippen molar-refractivity contribution in [2.45, 2.75) is 23.5 Å². The lowest BCUT2D eigenvalue weighted by Crippen LogP contribution is -2.24. The molecule has 2 N–H and O–H groups in total. The quantitative estimate of drug-likeness (QED) is 0.301. The zero-order chi connectivity index (χ0) is 23.2. The number of rotatable bonds is 8. The molecule has 1 aromatic heterocycles. The summed E-state index contributed by atoms with van der Waals surface area (Å²) in [6.45, 7) is 1.98. The fraction of sp³-hybridized carbons (Fsp3) is 0.160. The van der Waals surface area contributed by atoms with Gasteiger partial charge in [-0.3, -0.25) is 9.59 Å². The maximum absolute atomic E-state index is 12.9. The third-order valence-corrected chi connectivity index (χ3v) is 7.20. The number of benzene rings is 3. The highest BCUT2D eigenvalue weighted by Gasteiger charge is 2.20. The molecule has 0 saturated carbocycles. The number of carbonyl (C=O) groups excluding carboxylic acids is 2. The molecule has 0 radical (unpaired) electrons. The molecule has 8 heteroatoms. The summed E-state index contributed by atoms with van der Waals surface area (Å²) in [6, 6.07) is 22.3. The summed E-state index contributed by atoms with van der Waals surface area (Å²) in [4.78, 5) is 30.9. The average Bonchev–Trinajstić information content (AvgIpc) is 3.25. The van der Waals surface area contributed by atoms with Crippen LogP contribution in [0.15, 0.2) is 77.7 Å². The topological polar surface area (TPSA) is 80.3 Å². The van der Waals surface area contributed by atoms with Crippen molar-refractivity contribution in [3.05, 3.63) is 78.4 Å². The Hall–Kier alpha value is -3.36. The highest BCUT2D eigenvalue weighted by Crippen LogP contribution is 2.30. The first-order valence-electron chi connectivity index (χ1n) is 10.4. The molecule has 3 aromatic carbocycles. The Bertz CT molecular complexity index is 1260. The SMILES string of the molecule is CCC(Sc1cccc(NC(=O)c2cccc(OC)c2)c1)C(=O)Nc1nc2ccccc2s1. The van der Waals surface area contributed by atoms with Crippen molar-refractivity contribution >= 4 is 55.9 Å². The van der Waals surface area contributed by atoms with Gasteiger partial charge in [-0.2, -0.15) is 0 Å². The van der Waals surface area contributed by atoms with Crippen LogP contribution >= 0.6 is 23.1 Å². The largest absolute Gasteiger partial charge is 0.497 e. The van der Waals surface area contributed by atoms with Gasteiger partial charge in [0.2, 0.25) is 5.91 Å². The van der Waals surface area contributed by atoms with Crippen molar-refractivity contribution in [1.82, 2.24) is 4.98 Å². The number of anilines is 2. The van der Waals surface area contributed by atoms with E-state index in [1.165, 1.54) is 23.1 Å².